The summed E-state index contributed by atoms with van der Waals surface area (Å²) < 4.78 is 7.34. The molecule has 4 aromatic heterocycles. The zero-order valence-corrected chi connectivity index (χ0v) is 20.1. The summed E-state index contributed by atoms with van der Waals surface area (Å²) in [4.78, 5) is 23.9. The van der Waals surface area contributed by atoms with E-state index in [2.05, 4.69) is 44.6 Å². The smallest absolute Gasteiger partial charge is 0.228 e. The lowest BCUT2D eigenvalue weighted by Gasteiger charge is -2.48. The third-order valence-corrected chi connectivity index (χ3v) is 7.03. The largest absolute Gasteiger partial charge is 0.375 e. The van der Waals surface area contributed by atoms with Crippen LogP contribution in [0.15, 0.2) is 30.6 Å². The Hall–Kier alpha value is -3.86. The van der Waals surface area contributed by atoms with Crippen LogP contribution in [0.25, 0.3) is 27.9 Å². The maximum Gasteiger partial charge on any atom is 0.228 e. The van der Waals surface area contributed by atoms with Gasteiger partial charge in [0.2, 0.25) is 5.91 Å². The van der Waals surface area contributed by atoms with Crippen LogP contribution in [0.2, 0.25) is 0 Å². The first kappa shape index (κ1) is 21.7. The highest BCUT2D eigenvalue weighted by molar-refractivity contribution is 6.01. The normalized spacial score (nSPS) is 20.6. The van der Waals surface area contributed by atoms with Gasteiger partial charge in [-0.15, -0.1) is 15.3 Å². The van der Waals surface area contributed by atoms with Gasteiger partial charge >= 0.3 is 0 Å². The number of pyridine rings is 2. The van der Waals surface area contributed by atoms with E-state index in [0.29, 0.717) is 34.5 Å². The first-order valence-electron chi connectivity index (χ1n) is 11.7. The molecule has 0 aromatic carbocycles. The molecule has 6 rings (SSSR count). The van der Waals surface area contributed by atoms with Gasteiger partial charge in [0.1, 0.15) is 5.52 Å². The number of methoxy groups -OCH3 is 1. The van der Waals surface area contributed by atoms with Gasteiger partial charge in [-0.1, -0.05) is 6.92 Å². The second-order valence-corrected chi connectivity index (χ2v) is 9.71. The Labute approximate surface area is 201 Å². The highest BCUT2D eigenvalue weighted by Crippen LogP contribution is 2.38. The molecule has 2 atom stereocenters. The fraction of sp³-hybridized carbons (Fsp3) is 0.417. The van der Waals surface area contributed by atoms with Crippen LogP contribution in [-0.4, -0.2) is 68.5 Å². The monoisotopic (exact) mass is 473 g/mol. The summed E-state index contributed by atoms with van der Waals surface area (Å²) >= 11 is 0. The van der Waals surface area contributed by atoms with Crippen LogP contribution >= 0.6 is 0 Å². The highest BCUT2D eigenvalue weighted by atomic mass is 16.5. The number of rotatable bonds is 6. The van der Waals surface area contributed by atoms with E-state index in [1.807, 2.05) is 24.4 Å². The summed E-state index contributed by atoms with van der Waals surface area (Å²) in [6.07, 6.45) is 4.60. The van der Waals surface area contributed by atoms with Crippen molar-refractivity contribution in [3.8, 4) is 11.4 Å². The second kappa shape index (κ2) is 7.84. The van der Waals surface area contributed by atoms with Crippen LogP contribution in [-0.2, 0) is 9.53 Å². The van der Waals surface area contributed by atoms with Crippen LogP contribution in [0.4, 0.5) is 17.3 Å². The lowest BCUT2D eigenvalue weighted by atomic mass is 9.96. The Balaban J connectivity index is 1.37. The number of amides is 1. The highest BCUT2D eigenvalue weighted by Gasteiger charge is 2.40. The molecule has 11 heteroatoms. The quantitative estimate of drug-likeness (QED) is 0.435. The van der Waals surface area contributed by atoms with Crippen LogP contribution in [0, 0.1) is 11.8 Å². The topological polar surface area (TPSA) is 122 Å². The molecule has 0 bridgehead atoms. The van der Waals surface area contributed by atoms with Gasteiger partial charge in [-0.25, -0.2) is 14.5 Å². The minimum Gasteiger partial charge on any atom is -0.375 e. The zero-order chi connectivity index (χ0) is 24.3. The third-order valence-electron chi connectivity index (χ3n) is 7.03. The summed E-state index contributed by atoms with van der Waals surface area (Å²) in [6, 6.07) is 5.81. The van der Waals surface area contributed by atoms with Crippen LogP contribution < -0.4 is 15.5 Å². The van der Waals surface area contributed by atoms with Gasteiger partial charge in [-0.3, -0.25) is 4.79 Å². The van der Waals surface area contributed by atoms with Crippen LogP contribution in [0.5, 0.6) is 0 Å². The average molecular weight is 474 g/mol. The molecule has 1 saturated heterocycles. The summed E-state index contributed by atoms with van der Waals surface area (Å²) in [5.41, 5.74) is 2.96. The molecule has 0 spiro atoms. The number of hydrogen-bond donors (Lipinski definition) is 2. The number of aromatic nitrogens is 6. The molecule has 11 nitrogen and oxygen atoms in total. The van der Waals surface area contributed by atoms with Crippen molar-refractivity contribution in [3.05, 3.63) is 30.6 Å². The molecule has 5 heterocycles. The number of hydrogen-bond acceptors (Lipinski definition) is 9. The summed E-state index contributed by atoms with van der Waals surface area (Å²) in [5.74, 6) is 1.94. The van der Waals surface area contributed by atoms with Crippen molar-refractivity contribution in [2.75, 3.05) is 42.8 Å². The standard InChI is InChI=1S/C24H27N9O2/c1-13-7-15(13)23(34)27-18-8-16-17(9-26-22(25-3)20(16)30-29-18)21-28-19-6-5-14(10-33(19)31-21)32-11-24(2,12-32)35-4/h5-6,8-10,13,15H,7,11-12H2,1-4H3,(H,25,26)(H,27,29,34)/t13-,15+/m1/s1. The molecule has 35 heavy (non-hydrogen) atoms. The van der Waals surface area contributed by atoms with Crippen molar-refractivity contribution < 1.29 is 9.53 Å². The molecule has 0 unspecified atom stereocenters. The Bertz CT molecular complexity index is 1460. The minimum atomic E-state index is -0.117. The first-order chi connectivity index (χ1) is 16.9. The van der Waals surface area contributed by atoms with E-state index in [1.165, 1.54) is 0 Å². The van der Waals surface area contributed by atoms with Gasteiger partial charge in [-0.05, 0) is 37.5 Å². The Morgan fingerprint density at radius 3 is 2.77 bits per heavy atom. The first-order valence-corrected chi connectivity index (χ1v) is 11.7. The number of nitrogens with zero attached hydrogens (tertiary/aromatic N) is 7. The average Bonchev–Trinajstić information content (AvgIpc) is 3.43. The predicted octanol–water partition coefficient (Wildman–Crippen LogP) is 2.60. The summed E-state index contributed by atoms with van der Waals surface area (Å²) in [6.45, 7) is 5.82. The summed E-state index contributed by atoms with van der Waals surface area (Å²) in [7, 11) is 3.53. The van der Waals surface area contributed by atoms with E-state index in [9.17, 15) is 4.79 Å². The van der Waals surface area contributed by atoms with Crippen LogP contribution in [0.1, 0.15) is 20.3 Å². The molecule has 1 aliphatic carbocycles. The molecule has 180 valence electrons. The second-order valence-electron chi connectivity index (χ2n) is 9.71. The number of nitrogens with one attached hydrogen (secondary N) is 2. The minimum absolute atomic E-state index is 0.0236. The molecular weight excluding hydrogens is 446 g/mol. The molecule has 1 amide bonds. The van der Waals surface area contributed by atoms with Crippen molar-refractivity contribution in [1.82, 2.24) is 29.8 Å². The number of fused-ring (bicyclic) bond motifs is 2. The molecule has 1 saturated carbocycles. The van der Waals surface area contributed by atoms with Gasteiger partial charge in [0.25, 0.3) is 0 Å². The fourth-order valence-corrected chi connectivity index (χ4v) is 4.61. The number of anilines is 3. The van der Waals surface area contributed by atoms with Crippen molar-refractivity contribution in [2.45, 2.75) is 25.9 Å². The van der Waals surface area contributed by atoms with E-state index in [1.54, 1.807) is 24.9 Å². The zero-order valence-electron chi connectivity index (χ0n) is 20.1. The van der Waals surface area contributed by atoms with Gasteiger partial charge in [0.05, 0.1) is 17.5 Å². The predicted molar refractivity (Wildman–Crippen MR) is 132 cm³/mol. The van der Waals surface area contributed by atoms with Crippen molar-refractivity contribution >= 4 is 39.8 Å². The third kappa shape index (κ3) is 3.72. The fourth-order valence-electron chi connectivity index (χ4n) is 4.61. The lowest BCUT2D eigenvalue weighted by Crippen LogP contribution is -2.61. The van der Waals surface area contributed by atoms with Crippen molar-refractivity contribution in [2.24, 2.45) is 11.8 Å². The van der Waals surface area contributed by atoms with Crippen molar-refractivity contribution in [3.63, 3.8) is 0 Å². The van der Waals surface area contributed by atoms with Crippen molar-refractivity contribution in [1.29, 1.82) is 0 Å². The molecule has 2 fully saturated rings. The molecule has 2 aliphatic rings. The van der Waals surface area contributed by atoms with Gasteiger partial charge in [-0.2, -0.15) is 0 Å². The maximum absolute atomic E-state index is 12.4. The van der Waals surface area contributed by atoms with Gasteiger partial charge in [0.15, 0.2) is 23.1 Å². The van der Waals surface area contributed by atoms with E-state index >= 15 is 0 Å². The number of ether oxygens (including phenoxy) is 1. The SMILES string of the molecule is CNc1ncc(-c2nc3ccc(N4CC(C)(OC)C4)cn3n2)c2cc(NC(=O)[C@H]3C[C@H]3C)nnc12. The number of carbonyl (C=O) groups excluding carboxylic acids is 1. The molecule has 4 aromatic rings. The van der Waals surface area contributed by atoms with E-state index in [4.69, 9.17) is 14.8 Å². The number of carbonyl (C=O) groups is 1. The lowest BCUT2D eigenvalue weighted by molar-refractivity contribution is -0.117. The van der Waals surface area contributed by atoms with E-state index in [0.717, 1.165) is 36.2 Å². The molecule has 1 aliphatic heterocycles. The van der Waals surface area contributed by atoms with Gasteiger partial charge in [0, 0.05) is 50.3 Å². The maximum atomic E-state index is 12.4. The molecule has 0 radical (unpaired) electrons. The summed E-state index contributed by atoms with van der Waals surface area (Å²) in [5, 5.41) is 20.0. The molecular formula is C24H27N9O2. The van der Waals surface area contributed by atoms with Gasteiger partial charge < -0.3 is 20.3 Å². The van der Waals surface area contributed by atoms with E-state index < -0.39 is 0 Å². The Morgan fingerprint density at radius 1 is 1.26 bits per heavy atom. The Morgan fingerprint density at radius 2 is 2.06 bits per heavy atom. The van der Waals surface area contributed by atoms with Crippen LogP contribution in [0.3, 0.4) is 0 Å². The molecule has 2 N–H and O–H groups in total. The van der Waals surface area contributed by atoms with E-state index in [-0.39, 0.29) is 17.4 Å². The Kier molecular flexibility index (Phi) is 4.85.